The van der Waals surface area contributed by atoms with Crippen molar-refractivity contribution < 1.29 is 13.5 Å². The Morgan fingerprint density at radius 1 is 1.40 bits per heavy atom. The largest absolute Gasteiger partial charge is 0.435 e. The number of nitrogens with two attached hydrogens (primary N) is 1. The molecule has 0 aliphatic heterocycles. The average molecular weight is 215 g/mol. The van der Waals surface area contributed by atoms with E-state index in [-0.39, 0.29) is 11.8 Å². The highest BCUT2D eigenvalue weighted by molar-refractivity contribution is 5.30. The summed E-state index contributed by atoms with van der Waals surface area (Å²) in [6, 6.07) is 6.43. The molecule has 0 spiro atoms. The van der Waals surface area contributed by atoms with E-state index < -0.39 is 6.61 Å². The average Bonchev–Trinajstić information content (AvgIpc) is 2.17. The van der Waals surface area contributed by atoms with Gasteiger partial charge in [-0.05, 0) is 24.1 Å². The van der Waals surface area contributed by atoms with E-state index in [1.807, 2.05) is 13.0 Å². The van der Waals surface area contributed by atoms with E-state index in [4.69, 9.17) is 5.73 Å². The molecule has 0 fully saturated rings. The van der Waals surface area contributed by atoms with Gasteiger partial charge in [-0.2, -0.15) is 8.78 Å². The second-order valence-corrected chi connectivity index (χ2v) is 3.35. The van der Waals surface area contributed by atoms with Crippen LogP contribution >= 0.6 is 0 Å². The SMILES string of the molecule is CCC[C@@H](N)c1cccc(OC(F)F)c1. The summed E-state index contributed by atoms with van der Waals surface area (Å²) in [5.74, 6) is 0.161. The zero-order valence-electron chi connectivity index (χ0n) is 8.62. The lowest BCUT2D eigenvalue weighted by Gasteiger charge is -2.12. The van der Waals surface area contributed by atoms with Crippen LogP contribution in [0, 0.1) is 0 Å². The van der Waals surface area contributed by atoms with Gasteiger partial charge in [-0.15, -0.1) is 0 Å². The first-order chi connectivity index (χ1) is 7.13. The second-order valence-electron chi connectivity index (χ2n) is 3.35. The molecule has 0 aromatic heterocycles. The van der Waals surface area contributed by atoms with E-state index in [0.717, 1.165) is 18.4 Å². The van der Waals surface area contributed by atoms with Crippen LogP contribution in [0.15, 0.2) is 24.3 Å². The van der Waals surface area contributed by atoms with Crippen molar-refractivity contribution in [3.05, 3.63) is 29.8 Å². The van der Waals surface area contributed by atoms with Crippen LogP contribution in [0.4, 0.5) is 8.78 Å². The van der Waals surface area contributed by atoms with Gasteiger partial charge in [-0.1, -0.05) is 25.5 Å². The van der Waals surface area contributed by atoms with Gasteiger partial charge in [-0.3, -0.25) is 0 Å². The molecule has 84 valence electrons. The Morgan fingerprint density at radius 3 is 2.73 bits per heavy atom. The van der Waals surface area contributed by atoms with Gasteiger partial charge in [0.15, 0.2) is 0 Å². The lowest BCUT2D eigenvalue weighted by atomic mass is 10.0. The fraction of sp³-hybridized carbons (Fsp3) is 0.455. The minimum absolute atomic E-state index is 0.115. The van der Waals surface area contributed by atoms with Crippen molar-refractivity contribution in [2.75, 3.05) is 0 Å². The summed E-state index contributed by atoms with van der Waals surface area (Å²) in [5, 5.41) is 0. The maximum atomic E-state index is 11.9. The molecule has 4 heteroatoms. The van der Waals surface area contributed by atoms with Crippen LogP contribution in [0.3, 0.4) is 0 Å². The quantitative estimate of drug-likeness (QED) is 0.819. The minimum atomic E-state index is -2.79. The molecular formula is C11H15F2NO. The molecule has 0 aliphatic carbocycles. The highest BCUT2D eigenvalue weighted by atomic mass is 19.3. The van der Waals surface area contributed by atoms with Gasteiger partial charge in [0.25, 0.3) is 0 Å². The van der Waals surface area contributed by atoms with Crippen molar-refractivity contribution in [3.8, 4) is 5.75 Å². The molecule has 1 atom stereocenters. The van der Waals surface area contributed by atoms with Crippen molar-refractivity contribution in [1.82, 2.24) is 0 Å². The molecule has 0 aliphatic rings. The first kappa shape index (κ1) is 11.9. The summed E-state index contributed by atoms with van der Waals surface area (Å²) in [6.07, 6.45) is 1.79. The molecule has 15 heavy (non-hydrogen) atoms. The van der Waals surface area contributed by atoms with E-state index >= 15 is 0 Å². The first-order valence-electron chi connectivity index (χ1n) is 4.93. The lowest BCUT2D eigenvalue weighted by molar-refractivity contribution is -0.0499. The molecule has 0 saturated heterocycles. The molecule has 1 aromatic carbocycles. The Hall–Kier alpha value is -1.16. The predicted molar refractivity (Wildman–Crippen MR) is 54.9 cm³/mol. The summed E-state index contributed by atoms with van der Waals surface area (Å²) in [7, 11) is 0. The predicted octanol–water partition coefficient (Wildman–Crippen LogP) is 3.09. The fourth-order valence-corrected chi connectivity index (χ4v) is 1.40. The topological polar surface area (TPSA) is 35.2 Å². The van der Waals surface area contributed by atoms with Gasteiger partial charge in [0.2, 0.25) is 0 Å². The third-order valence-corrected chi connectivity index (χ3v) is 2.11. The molecule has 1 rings (SSSR count). The monoisotopic (exact) mass is 215 g/mol. The van der Waals surface area contributed by atoms with Crippen LogP contribution in [-0.4, -0.2) is 6.61 Å². The van der Waals surface area contributed by atoms with Crippen LogP contribution in [0.2, 0.25) is 0 Å². The Kier molecular flexibility index (Phi) is 4.49. The number of benzene rings is 1. The van der Waals surface area contributed by atoms with Gasteiger partial charge in [-0.25, -0.2) is 0 Å². The Morgan fingerprint density at radius 2 is 2.13 bits per heavy atom. The Balaban J connectivity index is 2.73. The molecule has 2 N–H and O–H groups in total. The van der Waals surface area contributed by atoms with Crippen molar-refractivity contribution in [1.29, 1.82) is 0 Å². The number of hydrogen-bond donors (Lipinski definition) is 1. The van der Waals surface area contributed by atoms with Gasteiger partial charge >= 0.3 is 6.61 Å². The van der Waals surface area contributed by atoms with Gasteiger partial charge in [0.05, 0.1) is 0 Å². The van der Waals surface area contributed by atoms with E-state index in [2.05, 4.69) is 4.74 Å². The van der Waals surface area contributed by atoms with Crippen molar-refractivity contribution in [2.45, 2.75) is 32.4 Å². The third kappa shape index (κ3) is 3.83. The molecule has 0 unspecified atom stereocenters. The first-order valence-corrected chi connectivity index (χ1v) is 4.93. The van der Waals surface area contributed by atoms with Crippen molar-refractivity contribution in [2.24, 2.45) is 5.73 Å². The Bertz CT molecular complexity index is 304. The van der Waals surface area contributed by atoms with Gasteiger partial charge < -0.3 is 10.5 Å². The number of ether oxygens (including phenoxy) is 1. The molecular weight excluding hydrogens is 200 g/mol. The molecule has 0 radical (unpaired) electrons. The smallest absolute Gasteiger partial charge is 0.387 e. The molecule has 0 amide bonds. The molecule has 2 nitrogen and oxygen atoms in total. The number of halogens is 2. The van der Waals surface area contributed by atoms with Crippen molar-refractivity contribution in [3.63, 3.8) is 0 Å². The van der Waals surface area contributed by atoms with E-state index in [1.165, 1.54) is 6.07 Å². The highest BCUT2D eigenvalue weighted by Crippen LogP contribution is 2.21. The van der Waals surface area contributed by atoms with E-state index in [1.54, 1.807) is 12.1 Å². The van der Waals surface area contributed by atoms with Gasteiger partial charge in [0, 0.05) is 6.04 Å². The van der Waals surface area contributed by atoms with Crippen LogP contribution < -0.4 is 10.5 Å². The molecule has 0 saturated carbocycles. The number of hydrogen-bond acceptors (Lipinski definition) is 2. The number of rotatable bonds is 5. The van der Waals surface area contributed by atoms with Gasteiger partial charge in [0.1, 0.15) is 5.75 Å². The van der Waals surface area contributed by atoms with E-state index in [0.29, 0.717) is 0 Å². The minimum Gasteiger partial charge on any atom is -0.435 e. The molecule has 1 aromatic rings. The maximum Gasteiger partial charge on any atom is 0.387 e. The lowest BCUT2D eigenvalue weighted by Crippen LogP contribution is -2.10. The zero-order chi connectivity index (χ0) is 11.3. The van der Waals surface area contributed by atoms with Crippen LogP contribution in [-0.2, 0) is 0 Å². The molecule has 0 heterocycles. The van der Waals surface area contributed by atoms with Crippen molar-refractivity contribution >= 4 is 0 Å². The normalized spacial score (nSPS) is 12.9. The summed E-state index contributed by atoms with van der Waals surface area (Å²) in [4.78, 5) is 0. The van der Waals surface area contributed by atoms with Crippen LogP contribution in [0.5, 0.6) is 5.75 Å². The fourth-order valence-electron chi connectivity index (χ4n) is 1.40. The standard InChI is InChI=1S/C11H15F2NO/c1-2-4-10(14)8-5-3-6-9(7-8)15-11(12)13/h3,5-7,10-11H,2,4,14H2,1H3/t10-/m1/s1. The second kappa shape index (κ2) is 5.66. The Labute approximate surface area is 88.0 Å². The summed E-state index contributed by atoms with van der Waals surface area (Å²) < 4.78 is 28.2. The summed E-state index contributed by atoms with van der Waals surface area (Å²) in [5.41, 5.74) is 6.69. The van der Waals surface area contributed by atoms with Crippen LogP contribution in [0.1, 0.15) is 31.4 Å². The highest BCUT2D eigenvalue weighted by Gasteiger charge is 2.08. The maximum absolute atomic E-state index is 11.9. The molecule has 0 bridgehead atoms. The summed E-state index contributed by atoms with van der Waals surface area (Å²) >= 11 is 0. The third-order valence-electron chi connectivity index (χ3n) is 2.11. The zero-order valence-corrected chi connectivity index (χ0v) is 8.62. The number of alkyl halides is 2. The van der Waals surface area contributed by atoms with Crippen LogP contribution in [0.25, 0.3) is 0 Å². The van der Waals surface area contributed by atoms with E-state index in [9.17, 15) is 8.78 Å². The summed E-state index contributed by atoms with van der Waals surface area (Å²) in [6.45, 7) is -0.762.